The van der Waals surface area contributed by atoms with Crippen LogP contribution in [0.25, 0.3) is 0 Å². The Morgan fingerprint density at radius 3 is 2.62 bits per heavy atom. The predicted octanol–water partition coefficient (Wildman–Crippen LogP) is 3.95. The highest BCUT2D eigenvalue weighted by Gasteiger charge is 2.33. The number of halogens is 3. The highest BCUT2D eigenvalue weighted by Crippen LogP contribution is 2.32. The van der Waals surface area contributed by atoms with Gasteiger partial charge in [0.25, 0.3) is 0 Å². The fourth-order valence-electron chi connectivity index (χ4n) is 2.47. The molecule has 0 spiro atoms. The van der Waals surface area contributed by atoms with Crippen LogP contribution in [0, 0.1) is 11.3 Å². The highest BCUT2D eigenvalue weighted by molar-refractivity contribution is 5.53. The minimum Gasteiger partial charge on any atom is -0.383 e. The quantitative estimate of drug-likeness (QED) is 0.837. The molecule has 0 heterocycles. The molecule has 0 unspecified atom stereocenters. The van der Waals surface area contributed by atoms with Gasteiger partial charge in [-0.3, -0.25) is 0 Å². The Bertz CT molecular complexity index is 517. The van der Waals surface area contributed by atoms with Crippen molar-refractivity contribution in [1.29, 1.82) is 5.26 Å². The Balaban J connectivity index is 1.87. The van der Waals surface area contributed by atoms with Gasteiger partial charge >= 0.3 is 6.18 Å². The number of hydrogen-bond donors (Lipinski definition) is 1. The van der Waals surface area contributed by atoms with Gasteiger partial charge in [-0.05, 0) is 31.0 Å². The van der Waals surface area contributed by atoms with Crippen LogP contribution in [0.3, 0.4) is 0 Å². The molecule has 0 amide bonds. The van der Waals surface area contributed by atoms with Crippen molar-refractivity contribution in [2.45, 2.75) is 38.0 Å². The van der Waals surface area contributed by atoms with Crippen LogP contribution in [-0.2, 0) is 10.9 Å². The summed E-state index contributed by atoms with van der Waals surface area (Å²) in [7, 11) is 0. The van der Waals surface area contributed by atoms with E-state index < -0.39 is 11.7 Å². The van der Waals surface area contributed by atoms with E-state index >= 15 is 0 Å². The molecule has 1 aliphatic rings. The van der Waals surface area contributed by atoms with Gasteiger partial charge in [0.05, 0.1) is 29.9 Å². The van der Waals surface area contributed by atoms with Crippen molar-refractivity contribution < 1.29 is 17.9 Å². The molecule has 0 radical (unpaired) electrons. The third-order valence-electron chi connectivity index (χ3n) is 3.53. The summed E-state index contributed by atoms with van der Waals surface area (Å²) in [5, 5.41) is 11.8. The summed E-state index contributed by atoms with van der Waals surface area (Å²) in [4.78, 5) is 0. The molecule has 1 aromatic rings. The number of ether oxygens (including phenoxy) is 1. The molecule has 0 atom stereocenters. The van der Waals surface area contributed by atoms with Gasteiger partial charge < -0.3 is 10.1 Å². The fraction of sp³-hybridized carbons (Fsp3) is 0.533. The molecular formula is C15H17F3N2O. The maximum absolute atomic E-state index is 12.7. The minimum absolute atomic E-state index is 0.314. The molecule has 0 aliphatic heterocycles. The molecule has 21 heavy (non-hydrogen) atoms. The molecule has 6 heteroatoms. The van der Waals surface area contributed by atoms with Gasteiger partial charge in [0.2, 0.25) is 0 Å². The maximum atomic E-state index is 12.7. The van der Waals surface area contributed by atoms with Crippen LogP contribution < -0.4 is 5.32 Å². The number of rotatable bonds is 5. The Morgan fingerprint density at radius 1 is 1.29 bits per heavy atom. The molecule has 0 aromatic heterocycles. The van der Waals surface area contributed by atoms with Gasteiger partial charge in [-0.2, -0.15) is 18.4 Å². The second-order valence-corrected chi connectivity index (χ2v) is 5.07. The molecule has 2 rings (SSSR count). The first kappa shape index (κ1) is 15.6. The van der Waals surface area contributed by atoms with Gasteiger partial charge in [0.15, 0.2) is 0 Å². The van der Waals surface area contributed by atoms with E-state index in [0.717, 1.165) is 18.9 Å². The minimum atomic E-state index is -4.50. The number of nitriles is 1. The SMILES string of the molecule is N#Cc1cc(NCCOC2CCCC2)ccc1C(F)(F)F. The van der Waals surface area contributed by atoms with Crippen LogP contribution in [0.5, 0.6) is 0 Å². The van der Waals surface area contributed by atoms with Crippen LogP contribution in [0.15, 0.2) is 18.2 Å². The number of hydrogen-bond acceptors (Lipinski definition) is 3. The average Bonchev–Trinajstić information content (AvgIpc) is 2.95. The second kappa shape index (κ2) is 6.81. The Morgan fingerprint density at radius 2 is 2.00 bits per heavy atom. The normalized spacial score (nSPS) is 15.9. The Hall–Kier alpha value is -1.74. The first-order valence-electron chi connectivity index (χ1n) is 6.97. The second-order valence-electron chi connectivity index (χ2n) is 5.07. The zero-order valence-electron chi connectivity index (χ0n) is 11.5. The molecule has 1 fully saturated rings. The lowest BCUT2D eigenvalue weighted by atomic mass is 10.1. The van der Waals surface area contributed by atoms with Crippen LogP contribution in [0.4, 0.5) is 18.9 Å². The van der Waals surface area contributed by atoms with Gasteiger partial charge in [-0.15, -0.1) is 0 Å². The van der Waals surface area contributed by atoms with E-state index in [0.29, 0.717) is 24.9 Å². The summed E-state index contributed by atoms with van der Waals surface area (Å²) in [5.41, 5.74) is -0.781. The van der Waals surface area contributed by atoms with Crippen molar-refractivity contribution >= 4 is 5.69 Å². The molecule has 1 saturated carbocycles. The van der Waals surface area contributed by atoms with E-state index in [9.17, 15) is 13.2 Å². The molecule has 0 bridgehead atoms. The molecule has 3 nitrogen and oxygen atoms in total. The van der Waals surface area contributed by atoms with Crippen molar-refractivity contribution in [2.24, 2.45) is 0 Å². The predicted molar refractivity (Wildman–Crippen MR) is 72.9 cm³/mol. The van der Waals surface area contributed by atoms with Crippen LogP contribution in [0.1, 0.15) is 36.8 Å². The first-order valence-corrected chi connectivity index (χ1v) is 6.97. The Kier molecular flexibility index (Phi) is 5.07. The van der Waals surface area contributed by atoms with E-state index in [4.69, 9.17) is 10.00 Å². The third-order valence-corrected chi connectivity index (χ3v) is 3.53. The van der Waals surface area contributed by atoms with Crippen molar-refractivity contribution in [3.05, 3.63) is 29.3 Å². The van der Waals surface area contributed by atoms with E-state index in [1.54, 1.807) is 6.07 Å². The molecule has 1 aromatic carbocycles. The molecule has 114 valence electrons. The van der Waals surface area contributed by atoms with Crippen LogP contribution in [0.2, 0.25) is 0 Å². The maximum Gasteiger partial charge on any atom is 0.417 e. The summed E-state index contributed by atoms with van der Waals surface area (Å²) in [6.07, 6.45) is 0.367. The summed E-state index contributed by atoms with van der Waals surface area (Å²) in [6, 6.07) is 5.07. The van der Waals surface area contributed by atoms with Crippen LogP contribution in [-0.4, -0.2) is 19.3 Å². The standard InChI is InChI=1S/C15H17F3N2O/c16-15(17,18)14-6-5-12(9-11(14)10-19)20-7-8-21-13-3-1-2-4-13/h5-6,9,13,20H,1-4,7-8H2. The smallest absolute Gasteiger partial charge is 0.383 e. The molecular weight excluding hydrogens is 281 g/mol. The summed E-state index contributed by atoms with van der Waals surface area (Å²) in [5.74, 6) is 0. The molecule has 0 saturated heterocycles. The van der Waals surface area contributed by atoms with Gasteiger partial charge in [-0.25, -0.2) is 0 Å². The first-order chi connectivity index (χ1) is 10.0. The number of anilines is 1. The monoisotopic (exact) mass is 298 g/mol. The number of benzene rings is 1. The van der Waals surface area contributed by atoms with Crippen LogP contribution >= 0.6 is 0 Å². The lowest BCUT2D eigenvalue weighted by molar-refractivity contribution is -0.137. The zero-order chi connectivity index (χ0) is 15.3. The number of nitrogens with zero attached hydrogens (tertiary/aromatic N) is 1. The van der Waals surface area contributed by atoms with Crippen molar-refractivity contribution in [1.82, 2.24) is 0 Å². The Labute approximate surface area is 121 Å². The topological polar surface area (TPSA) is 45.0 Å². The fourth-order valence-corrected chi connectivity index (χ4v) is 2.47. The van der Waals surface area contributed by atoms with E-state index in [1.807, 2.05) is 0 Å². The third kappa shape index (κ3) is 4.36. The van der Waals surface area contributed by atoms with Crippen molar-refractivity contribution in [3.63, 3.8) is 0 Å². The number of alkyl halides is 3. The number of nitrogens with one attached hydrogen (secondary N) is 1. The van der Waals surface area contributed by atoms with E-state index in [-0.39, 0.29) is 5.56 Å². The lowest BCUT2D eigenvalue weighted by Crippen LogP contribution is -2.15. The van der Waals surface area contributed by atoms with Crippen molar-refractivity contribution in [2.75, 3.05) is 18.5 Å². The summed E-state index contributed by atoms with van der Waals surface area (Å²) >= 11 is 0. The van der Waals surface area contributed by atoms with Gasteiger partial charge in [0.1, 0.15) is 0 Å². The zero-order valence-corrected chi connectivity index (χ0v) is 11.5. The summed E-state index contributed by atoms with van der Waals surface area (Å²) in [6.45, 7) is 1.01. The molecule has 1 aliphatic carbocycles. The van der Waals surface area contributed by atoms with Gasteiger partial charge in [0, 0.05) is 12.2 Å². The molecule has 1 N–H and O–H groups in total. The van der Waals surface area contributed by atoms with Crippen molar-refractivity contribution in [3.8, 4) is 6.07 Å². The van der Waals surface area contributed by atoms with Gasteiger partial charge in [-0.1, -0.05) is 12.8 Å². The van der Waals surface area contributed by atoms with E-state index in [2.05, 4.69) is 5.32 Å². The average molecular weight is 298 g/mol. The lowest BCUT2D eigenvalue weighted by Gasteiger charge is -2.13. The van der Waals surface area contributed by atoms with E-state index in [1.165, 1.54) is 25.0 Å². The summed E-state index contributed by atoms with van der Waals surface area (Å²) < 4.78 is 43.6. The highest BCUT2D eigenvalue weighted by atomic mass is 19.4. The largest absolute Gasteiger partial charge is 0.417 e.